The highest BCUT2D eigenvalue weighted by Crippen LogP contribution is 2.39. The number of hydrogen-bond acceptors (Lipinski definition) is 9. The molecule has 11 nitrogen and oxygen atoms in total. The van der Waals surface area contributed by atoms with Gasteiger partial charge in [0, 0.05) is 58.4 Å². The first-order chi connectivity index (χ1) is 22.0. The fourth-order valence-electron chi connectivity index (χ4n) is 5.56. The second-order valence-corrected chi connectivity index (χ2v) is 10.2. The van der Waals surface area contributed by atoms with Crippen LogP contribution in [0.1, 0.15) is 5.56 Å². The molecule has 0 unspecified atom stereocenters. The Morgan fingerprint density at radius 2 is 1.42 bits per heavy atom. The zero-order chi connectivity index (χ0) is 31.1. The molecule has 220 valence electrons. The summed E-state index contributed by atoms with van der Waals surface area (Å²) in [7, 11) is 3.07. The summed E-state index contributed by atoms with van der Waals surface area (Å²) < 4.78 is 13.9. The summed E-state index contributed by atoms with van der Waals surface area (Å²) in [5, 5.41) is 11.8. The van der Waals surface area contributed by atoms with E-state index >= 15 is 0 Å². The van der Waals surface area contributed by atoms with Crippen molar-refractivity contribution in [2.24, 2.45) is 0 Å². The van der Waals surface area contributed by atoms with E-state index in [0.29, 0.717) is 61.2 Å². The first kappa shape index (κ1) is 27.6. The van der Waals surface area contributed by atoms with Crippen LogP contribution in [0.5, 0.6) is 11.5 Å². The smallest absolute Gasteiger partial charge is 0.280 e. The van der Waals surface area contributed by atoms with Gasteiger partial charge in [0.2, 0.25) is 0 Å². The van der Waals surface area contributed by atoms with E-state index in [-0.39, 0.29) is 16.9 Å². The average Bonchev–Trinajstić information content (AvgIpc) is 3.09. The highest BCUT2D eigenvalue weighted by Gasteiger charge is 2.22. The van der Waals surface area contributed by atoms with E-state index in [1.165, 1.54) is 16.5 Å². The molecule has 5 aromatic heterocycles. The monoisotopic (exact) mass is 595 g/mol. The van der Waals surface area contributed by atoms with Gasteiger partial charge < -0.3 is 9.47 Å². The lowest BCUT2D eigenvalue weighted by molar-refractivity contribution is 0.354. The topological polar surface area (TPSA) is 127 Å². The molecule has 0 N–H and O–H groups in total. The summed E-state index contributed by atoms with van der Waals surface area (Å²) in [6, 6.07) is 19.6. The van der Waals surface area contributed by atoms with Gasteiger partial charge in [-0.1, -0.05) is 18.2 Å². The molecule has 0 saturated heterocycles. The van der Waals surface area contributed by atoms with Crippen molar-refractivity contribution in [1.29, 1.82) is 0 Å². The molecule has 0 aliphatic heterocycles. The number of pyridine rings is 3. The number of aromatic nitrogens is 7. The van der Waals surface area contributed by atoms with E-state index in [2.05, 4.69) is 15.0 Å². The number of nitrogens with zero attached hydrogens (tertiary/aromatic N) is 7. The number of hydrogen-bond donors (Lipinski definition) is 0. The second-order valence-electron chi connectivity index (χ2n) is 10.2. The maximum absolute atomic E-state index is 13.9. The molecular weight excluding hydrogens is 570 g/mol. The zero-order valence-corrected chi connectivity index (χ0v) is 24.5. The molecule has 45 heavy (non-hydrogen) atoms. The third-order valence-corrected chi connectivity index (χ3v) is 7.65. The third-order valence-electron chi connectivity index (χ3n) is 7.65. The molecule has 0 fully saturated rings. The van der Waals surface area contributed by atoms with Gasteiger partial charge in [0.15, 0.2) is 17.3 Å². The number of aryl methyl sites for hydroxylation is 1. The van der Waals surface area contributed by atoms with E-state index in [9.17, 15) is 9.59 Å². The van der Waals surface area contributed by atoms with Crippen molar-refractivity contribution in [3.05, 3.63) is 124 Å². The maximum atomic E-state index is 13.9. The molecule has 7 rings (SSSR count). The van der Waals surface area contributed by atoms with Gasteiger partial charge in [0.05, 0.1) is 36.4 Å². The van der Waals surface area contributed by atoms with E-state index in [1.54, 1.807) is 74.5 Å². The predicted octanol–water partition coefficient (Wildman–Crippen LogP) is 4.93. The molecular formula is C34H25N7O4. The van der Waals surface area contributed by atoms with Gasteiger partial charge in [0.1, 0.15) is 5.69 Å². The van der Waals surface area contributed by atoms with Gasteiger partial charge in [-0.25, -0.2) is 4.98 Å². The normalized spacial score (nSPS) is 11.2. The fourth-order valence-corrected chi connectivity index (χ4v) is 5.56. The summed E-state index contributed by atoms with van der Waals surface area (Å²) in [4.78, 5) is 40.5. The number of ether oxygens (including phenoxy) is 2. The Bertz CT molecular complexity index is 2350. The predicted molar refractivity (Wildman–Crippen MR) is 170 cm³/mol. The Morgan fingerprint density at radius 3 is 2.16 bits per heavy atom. The van der Waals surface area contributed by atoms with Crippen LogP contribution in [0.3, 0.4) is 0 Å². The number of rotatable bonds is 6. The van der Waals surface area contributed by atoms with Gasteiger partial charge in [-0.2, -0.15) is 19.6 Å². The quantitative estimate of drug-likeness (QED) is 0.263. The molecule has 0 amide bonds. The molecule has 0 atom stereocenters. The van der Waals surface area contributed by atoms with Crippen molar-refractivity contribution in [2.45, 2.75) is 6.92 Å². The summed E-state index contributed by atoms with van der Waals surface area (Å²) in [5.74, 6) is 1.18. The van der Waals surface area contributed by atoms with Crippen molar-refractivity contribution in [1.82, 2.24) is 34.5 Å². The standard InChI is InChI=1S/C34H25N7O4/c1-20-29-26(18-27(44-2)32(20)45-3)34(43)40(23-11-14-35-15-12-23)39-31(29)21-10-16-37-28(17-21)41-33(42)25-9-5-4-8-24(25)30(38-41)22-7-6-13-36-19-22/h4-19H,1-3H3. The van der Waals surface area contributed by atoms with Crippen molar-refractivity contribution in [3.63, 3.8) is 0 Å². The van der Waals surface area contributed by atoms with Crippen LogP contribution in [0.15, 0.2) is 107 Å². The van der Waals surface area contributed by atoms with Gasteiger partial charge in [-0.05, 0) is 55.5 Å². The maximum Gasteiger partial charge on any atom is 0.280 e. The minimum absolute atomic E-state index is 0.281. The molecule has 0 aliphatic rings. The van der Waals surface area contributed by atoms with Crippen LogP contribution in [0.2, 0.25) is 0 Å². The van der Waals surface area contributed by atoms with E-state index in [4.69, 9.17) is 19.7 Å². The van der Waals surface area contributed by atoms with Gasteiger partial charge >= 0.3 is 0 Å². The van der Waals surface area contributed by atoms with Crippen LogP contribution in [0.4, 0.5) is 0 Å². The number of fused-ring (bicyclic) bond motifs is 2. The van der Waals surface area contributed by atoms with Crippen LogP contribution in [-0.2, 0) is 0 Å². The Balaban J connectivity index is 1.52. The van der Waals surface area contributed by atoms with Crippen LogP contribution in [0, 0.1) is 6.92 Å². The average molecular weight is 596 g/mol. The summed E-state index contributed by atoms with van der Waals surface area (Å²) in [6.07, 6.45) is 8.16. The van der Waals surface area contributed by atoms with Crippen molar-refractivity contribution < 1.29 is 9.47 Å². The fraction of sp³-hybridized carbons (Fsp3) is 0.0882. The van der Waals surface area contributed by atoms with Crippen molar-refractivity contribution in [2.75, 3.05) is 14.2 Å². The van der Waals surface area contributed by atoms with Gasteiger partial charge in [-0.3, -0.25) is 19.6 Å². The van der Waals surface area contributed by atoms with Crippen LogP contribution >= 0.6 is 0 Å². The molecule has 0 saturated carbocycles. The van der Waals surface area contributed by atoms with Gasteiger partial charge in [-0.15, -0.1) is 0 Å². The van der Waals surface area contributed by atoms with Crippen molar-refractivity contribution in [3.8, 4) is 45.5 Å². The van der Waals surface area contributed by atoms with E-state index in [0.717, 1.165) is 5.56 Å². The number of benzene rings is 2. The Hall–Kier alpha value is -6.23. The SMILES string of the molecule is COc1cc2c(=O)n(-c3ccncc3)nc(-c3ccnc(-n4nc(-c5cccnc5)c5ccccc5c4=O)c3)c2c(C)c1OC. The minimum Gasteiger partial charge on any atom is -0.493 e. The summed E-state index contributed by atoms with van der Waals surface area (Å²) in [6.45, 7) is 1.85. The summed E-state index contributed by atoms with van der Waals surface area (Å²) >= 11 is 0. The first-order valence-electron chi connectivity index (χ1n) is 14.0. The first-order valence-corrected chi connectivity index (χ1v) is 14.0. The largest absolute Gasteiger partial charge is 0.493 e. The Morgan fingerprint density at radius 1 is 0.667 bits per heavy atom. The Kier molecular flexibility index (Phi) is 6.82. The Labute approximate surface area is 256 Å². The third kappa shape index (κ3) is 4.58. The van der Waals surface area contributed by atoms with Crippen LogP contribution in [0.25, 0.3) is 55.6 Å². The summed E-state index contributed by atoms with van der Waals surface area (Å²) in [5.41, 5.74) is 2.97. The zero-order valence-electron chi connectivity index (χ0n) is 24.5. The van der Waals surface area contributed by atoms with Crippen LogP contribution < -0.4 is 20.6 Å². The molecule has 11 heteroatoms. The second kappa shape index (κ2) is 11.1. The molecule has 0 bridgehead atoms. The molecule has 0 spiro atoms. The molecule has 0 radical (unpaired) electrons. The van der Waals surface area contributed by atoms with Gasteiger partial charge in [0.25, 0.3) is 11.1 Å². The van der Waals surface area contributed by atoms with Crippen LogP contribution in [-0.4, -0.2) is 48.7 Å². The highest BCUT2D eigenvalue weighted by molar-refractivity contribution is 5.99. The molecule has 0 aliphatic carbocycles. The van der Waals surface area contributed by atoms with E-state index in [1.807, 2.05) is 37.3 Å². The van der Waals surface area contributed by atoms with Crippen molar-refractivity contribution >= 4 is 21.5 Å². The lowest BCUT2D eigenvalue weighted by Crippen LogP contribution is -2.24. The van der Waals surface area contributed by atoms with E-state index < -0.39 is 0 Å². The number of methoxy groups -OCH3 is 2. The lowest BCUT2D eigenvalue weighted by atomic mass is 9.99. The molecule has 5 heterocycles. The lowest BCUT2D eigenvalue weighted by Gasteiger charge is -2.17. The molecule has 7 aromatic rings. The molecule has 2 aromatic carbocycles. The minimum atomic E-state index is -0.341. The highest BCUT2D eigenvalue weighted by atomic mass is 16.5.